The summed E-state index contributed by atoms with van der Waals surface area (Å²) in [5.41, 5.74) is 7.84. The first-order chi connectivity index (χ1) is 18.0. The minimum absolute atomic E-state index is 0.0316. The first-order valence-electron chi connectivity index (χ1n) is 13.4. The van der Waals surface area contributed by atoms with Crippen LogP contribution in [-0.2, 0) is 14.9 Å². The van der Waals surface area contributed by atoms with E-state index in [4.69, 9.17) is 9.47 Å². The third kappa shape index (κ3) is 5.71. The van der Waals surface area contributed by atoms with Crippen LogP contribution < -0.4 is 4.74 Å². The SMILES string of the molecule is C=C(C)[C@H]1C[C@H](c2ccc(C)c(C)c2)[C@H](C)O[C@@H]1c1cc(C(C)(C)c2ccccc2)ccc1OCC(=O)O. The van der Waals surface area contributed by atoms with Crippen molar-refractivity contribution in [1.82, 2.24) is 0 Å². The van der Waals surface area contributed by atoms with Crippen LogP contribution in [0.2, 0.25) is 0 Å². The summed E-state index contributed by atoms with van der Waals surface area (Å²) in [4.78, 5) is 11.4. The van der Waals surface area contributed by atoms with Crippen molar-refractivity contribution in [3.05, 3.63) is 112 Å². The van der Waals surface area contributed by atoms with Crippen LogP contribution in [0.4, 0.5) is 0 Å². The van der Waals surface area contributed by atoms with Crippen molar-refractivity contribution >= 4 is 5.97 Å². The van der Waals surface area contributed by atoms with Crippen molar-refractivity contribution in [3.8, 4) is 5.75 Å². The maximum absolute atomic E-state index is 11.4. The Labute approximate surface area is 227 Å². The number of carboxylic acids is 1. The number of benzene rings is 3. The van der Waals surface area contributed by atoms with Gasteiger partial charge in [0.05, 0.1) is 12.2 Å². The zero-order valence-corrected chi connectivity index (χ0v) is 23.5. The monoisotopic (exact) mass is 512 g/mol. The van der Waals surface area contributed by atoms with Gasteiger partial charge < -0.3 is 14.6 Å². The predicted octanol–water partition coefficient (Wildman–Crippen LogP) is 7.92. The van der Waals surface area contributed by atoms with Crippen LogP contribution in [-0.4, -0.2) is 23.8 Å². The molecule has 0 spiro atoms. The van der Waals surface area contributed by atoms with E-state index in [-0.39, 0.29) is 29.5 Å². The molecule has 1 aliphatic rings. The van der Waals surface area contributed by atoms with Gasteiger partial charge in [-0.3, -0.25) is 0 Å². The highest BCUT2D eigenvalue weighted by Gasteiger charge is 2.40. The van der Waals surface area contributed by atoms with E-state index in [1.165, 1.54) is 22.3 Å². The second kappa shape index (κ2) is 11.2. The van der Waals surface area contributed by atoms with Crippen LogP contribution in [0, 0.1) is 19.8 Å². The van der Waals surface area contributed by atoms with Gasteiger partial charge in [0.1, 0.15) is 5.75 Å². The molecule has 0 aromatic heterocycles. The molecule has 1 aliphatic heterocycles. The lowest BCUT2D eigenvalue weighted by molar-refractivity contribution is -0.139. The molecule has 0 bridgehead atoms. The summed E-state index contributed by atoms with van der Waals surface area (Å²) < 4.78 is 12.6. The molecule has 1 fully saturated rings. The van der Waals surface area contributed by atoms with E-state index >= 15 is 0 Å². The van der Waals surface area contributed by atoms with E-state index in [0.717, 1.165) is 23.1 Å². The van der Waals surface area contributed by atoms with Gasteiger partial charge in [0.15, 0.2) is 6.61 Å². The molecule has 200 valence electrons. The Morgan fingerprint density at radius 2 is 1.74 bits per heavy atom. The van der Waals surface area contributed by atoms with E-state index in [1.54, 1.807) is 0 Å². The van der Waals surface area contributed by atoms with Gasteiger partial charge in [-0.25, -0.2) is 4.79 Å². The van der Waals surface area contributed by atoms with Crippen LogP contribution in [0.5, 0.6) is 5.75 Å². The summed E-state index contributed by atoms with van der Waals surface area (Å²) in [5, 5.41) is 9.32. The summed E-state index contributed by atoms with van der Waals surface area (Å²) >= 11 is 0. The van der Waals surface area contributed by atoms with E-state index in [0.29, 0.717) is 5.75 Å². The maximum Gasteiger partial charge on any atom is 0.341 e. The van der Waals surface area contributed by atoms with Crippen LogP contribution >= 0.6 is 0 Å². The zero-order valence-electron chi connectivity index (χ0n) is 23.5. The molecular weight excluding hydrogens is 472 g/mol. The number of hydrogen-bond donors (Lipinski definition) is 1. The average Bonchev–Trinajstić information content (AvgIpc) is 2.89. The highest BCUT2D eigenvalue weighted by atomic mass is 16.5. The Balaban J connectivity index is 1.76. The average molecular weight is 513 g/mol. The standard InChI is InChI=1S/C34H40O4/c1-21(2)28-19-29(25-14-13-22(3)23(4)17-25)24(5)38-33(28)30-18-27(15-16-31(30)37-20-32(35)36)34(6,7)26-11-9-8-10-12-26/h8-18,24,28-29,33H,1,19-20H2,2-7H3,(H,35,36)/t24-,28+,29-,33-/m0/s1. The van der Waals surface area contributed by atoms with Crippen molar-refractivity contribution in [2.24, 2.45) is 5.92 Å². The number of carboxylic acid groups (broad SMARTS) is 1. The van der Waals surface area contributed by atoms with Crippen LogP contribution in [0.1, 0.15) is 79.5 Å². The summed E-state index contributed by atoms with van der Waals surface area (Å²) in [6.45, 7) is 16.8. The first kappa shape index (κ1) is 27.7. The third-order valence-corrected chi connectivity index (χ3v) is 8.28. The maximum atomic E-state index is 11.4. The van der Waals surface area contributed by atoms with Crippen molar-refractivity contribution in [2.75, 3.05) is 6.61 Å². The number of rotatable bonds is 8. The molecule has 0 unspecified atom stereocenters. The van der Waals surface area contributed by atoms with Crippen LogP contribution in [0.3, 0.4) is 0 Å². The van der Waals surface area contributed by atoms with E-state index in [1.807, 2.05) is 18.2 Å². The van der Waals surface area contributed by atoms with Gasteiger partial charge in [-0.15, -0.1) is 0 Å². The lowest BCUT2D eigenvalue weighted by atomic mass is 9.73. The molecule has 0 saturated carbocycles. The fourth-order valence-corrected chi connectivity index (χ4v) is 5.61. The van der Waals surface area contributed by atoms with Gasteiger partial charge in [0.25, 0.3) is 0 Å². The van der Waals surface area contributed by atoms with Crippen molar-refractivity contribution in [3.63, 3.8) is 0 Å². The second-order valence-electron chi connectivity index (χ2n) is 11.3. The van der Waals surface area contributed by atoms with E-state index < -0.39 is 12.6 Å². The minimum Gasteiger partial charge on any atom is -0.482 e. The Bertz CT molecular complexity index is 1310. The van der Waals surface area contributed by atoms with Gasteiger partial charge in [0.2, 0.25) is 0 Å². The Hall–Kier alpha value is -3.37. The molecule has 1 N–H and O–H groups in total. The Kier molecular flexibility index (Phi) is 8.13. The fourth-order valence-electron chi connectivity index (χ4n) is 5.61. The molecule has 4 nitrogen and oxygen atoms in total. The summed E-state index contributed by atoms with van der Waals surface area (Å²) in [6, 6.07) is 23.2. The molecular formula is C34H40O4. The van der Waals surface area contributed by atoms with Gasteiger partial charge in [-0.05, 0) is 74.1 Å². The van der Waals surface area contributed by atoms with Gasteiger partial charge in [-0.2, -0.15) is 0 Å². The third-order valence-electron chi connectivity index (χ3n) is 8.28. The molecule has 1 heterocycles. The van der Waals surface area contributed by atoms with E-state index in [2.05, 4.69) is 96.7 Å². The summed E-state index contributed by atoms with van der Waals surface area (Å²) in [5.74, 6) is -0.165. The Morgan fingerprint density at radius 3 is 2.37 bits per heavy atom. The van der Waals surface area contributed by atoms with E-state index in [9.17, 15) is 9.90 Å². The number of aliphatic carboxylic acids is 1. The Morgan fingerprint density at radius 1 is 1.03 bits per heavy atom. The second-order valence-corrected chi connectivity index (χ2v) is 11.3. The highest BCUT2D eigenvalue weighted by Crippen LogP contribution is 2.49. The van der Waals surface area contributed by atoms with Gasteiger partial charge in [-0.1, -0.05) is 80.6 Å². The first-order valence-corrected chi connectivity index (χ1v) is 13.4. The molecule has 3 aromatic carbocycles. The summed E-state index contributed by atoms with van der Waals surface area (Å²) in [7, 11) is 0. The molecule has 0 aliphatic carbocycles. The molecule has 4 atom stereocenters. The van der Waals surface area contributed by atoms with Gasteiger partial charge in [0, 0.05) is 22.8 Å². The molecule has 3 aromatic rings. The molecule has 0 amide bonds. The fraction of sp³-hybridized carbons (Fsp3) is 0.382. The molecule has 0 radical (unpaired) electrons. The number of hydrogen-bond acceptors (Lipinski definition) is 3. The van der Waals surface area contributed by atoms with Crippen molar-refractivity contribution < 1.29 is 19.4 Å². The van der Waals surface area contributed by atoms with Crippen LogP contribution in [0.25, 0.3) is 0 Å². The number of aryl methyl sites for hydroxylation is 2. The van der Waals surface area contributed by atoms with Crippen LogP contribution in [0.15, 0.2) is 78.9 Å². The highest BCUT2D eigenvalue weighted by molar-refractivity contribution is 5.68. The van der Waals surface area contributed by atoms with Gasteiger partial charge >= 0.3 is 5.97 Å². The smallest absolute Gasteiger partial charge is 0.341 e. The van der Waals surface area contributed by atoms with Crippen molar-refractivity contribution in [1.29, 1.82) is 0 Å². The molecule has 4 heteroatoms. The number of ether oxygens (including phenoxy) is 2. The predicted molar refractivity (Wildman–Crippen MR) is 153 cm³/mol. The normalized spacial score (nSPS) is 21.6. The lowest BCUT2D eigenvalue weighted by Gasteiger charge is -2.42. The molecule has 38 heavy (non-hydrogen) atoms. The quantitative estimate of drug-likeness (QED) is 0.312. The minimum atomic E-state index is -1.01. The lowest BCUT2D eigenvalue weighted by Crippen LogP contribution is -2.35. The van der Waals surface area contributed by atoms with Crippen molar-refractivity contribution in [2.45, 2.75) is 71.5 Å². The summed E-state index contributed by atoms with van der Waals surface area (Å²) in [6.07, 6.45) is 0.574. The largest absolute Gasteiger partial charge is 0.482 e. The molecule has 1 saturated heterocycles. The molecule has 4 rings (SSSR count). The topological polar surface area (TPSA) is 55.8 Å². The number of carbonyl (C=O) groups is 1. The zero-order chi connectivity index (χ0) is 27.6.